The highest BCUT2D eigenvalue weighted by molar-refractivity contribution is 5.85. The molecular formula is C22H30N2O3. The first-order valence-corrected chi connectivity index (χ1v) is 10.1. The van der Waals surface area contributed by atoms with Crippen LogP contribution in [-0.2, 0) is 9.59 Å². The summed E-state index contributed by atoms with van der Waals surface area (Å²) in [6.45, 7) is 5.61. The highest BCUT2D eigenvalue weighted by Crippen LogP contribution is 2.59. The average Bonchev–Trinajstić information content (AvgIpc) is 2.59. The van der Waals surface area contributed by atoms with Gasteiger partial charge in [-0.3, -0.25) is 9.59 Å². The summed E-state index contributed by atoms with van der Waals surface area (Å²) in [6.07, 6.45) is 4.77. The monoisotopic (exact) mass is 370 g/mol. The van der Waals surface area contributed by atoms with Crippen LogP contribution < -0.4 is 15.8 Å². The standard InChI is InChI=1S/C22H30N2O3/c1-13-6-4-5-7-17(13)27-21(2,3)20(26)24-18-15-8-14-9-16(18)12-22(10-14,11-15)19(23)25/h4-7,14-16,18H,8-12H2,1-3H3,(H2,23,25)(H,24,26). The van der Waals surface area contributed by atoms with Gasteiger partial charge in [0.2, 0.25) is 5.91 Å². The minimum Gasteiger partial charge on any atom is -0.478 e. The lowest BCUT2D eigenvalue weighted by atomic mass is 9.47. The average molecular weight is 370 g/mol. The van der Waals surface area contributed by atoms with Gasteiger partial charge in [-0.05, 0) is 82.3 Å². The maximum Gasteiger partial charge on any atom is 0.263 e. The Morgan fingerprint density at radius 1 is 1.15 bits per heavy atom. The molecule has 4 fully saturated rings. The molecule has 146 valence electrons. The maximum atomic E-state index is 13.1. The van der Waals surface area contributed by atoms with Crippen LogP contribution in [0.5, 0.6) is 5.75 Å². The number of benzene rings is 1. The van der Waals surface area contributed by atoms with Gasteiger partial charge in [0, 0.05) is 11.5 Å². The second-order valence-corrected chi connectivity index (χ2v) is 9.49. The van der Waals surface area contributed by atoms with Gasteiger partial charge in [0.25, 0.3) is 5.91 Å². The molecule has 0 saturated heterocycles. The summed E-state index contributed by atoms with van der Waals surface area (Å²) in [5.41, 5.74) is 5.49. The molecule has 1 aromatic rings. The van der Waals surface area contributed by atoms with E-state index in [0.717, 1.165) is 43.4 Å². The molecule has 27 heavy (non-hydrogen) atoms. The minimum atomic E-state index is -0.956. The maximum absolute atomic E-state index is 13.1. The molecule has 4 bridgehead atoms. The molecule has 5 heteroatoms. The molecule has 4 aliphatic rings. The SMILES string of the molecule is Cc1ccccc1OC(C)(C)C(=O)NC1C2CC3CC1CC(C(N)=O)(C3)C2. The van der Waals surface area contributed by atoms with Gasteiger partial charge in [0.05, 0.1) is 0 Å². The van der Waals surface area contributed by atoms with Crippen LogP contribution in [0.2, 0.25) is 0 Å². The largest absolute Gasteiger partial charge is 0.478 e. The second-order valence-electron chi connectivity index (χ2n) is 9.49. The molecule has 2 unspecified atom stereocenters. The fraction of sp³-hybridized carbons (Fsp3) is 0.636. The molecule has 0 heterocycles. The molecule has 3 N–H and O–H groups in total. The first kappa shape index (κ1) is 18.3. The van der Waals surface area contributed by atoms with Gasteiger partial charge in [0.1, 0.15) is 5.75 Å². The lowest BCUT2D eigenvalue weighted by Crippen LogP contribution is -2.63. The minimum absolute atomic E-state index is 0.0867. The fourth-order valence-electron chi connectivity index (χ4n) is 5.88. The molecule has 0 aromatic heterocycles. The zero-order valence-electron chi connectivity index (χ0n) is 16.5. The van der Waals surface area contributed by atoms with Crippen LogP contribution in [-0.4, -0.2) is 23.5 Å². The van der Waals surface area contributed by atoms with Crippen molar-refractivity contribution in [3.05, 3.63) is 29.8 Å². The van der Waals surface area contributed by atoms with E-state index in [2.05, 4.69) is 5.32 Å². The Morgan fingerprint density at radius 3 is 2.37 bits per heavy atom. The van der Waals surface area contributed by atoms with Crippen LogP contribution in [0, 0.1) is 30.1 Å². The number of aryl methyl sites for hydroxylation is 1. The van der Waals surface area contributed by atoms with E-state index in [1.807, 2.05) is 45.0 Å². The van der Waals surface area contributed by atoms with Crippen molar-refractivity contribution in [1.29, 1.82) is 0 Å². The number of hydrogen-bond donors (Lipinski definition) is 2. The molecule has 5 rings (SSSR count). The smallest absolute Gasteiger partial charge is 0.263 e. The molecule has 4 saturated carbocycles. The van der Waals surface area contributed by atoms with Crippen LogP contribution in [0.3, 0.4) is 0 Å². The molecule has 0 aliphatic heterocycles. The molecule has 0 radical (unpaired) electrons. The van der Waals surface area contributed by atoms with Gasteiger partial charge in [-0.25, -0.2) is 0 Å². The van der Waals surface area contributed by atoms with Crippen molar-refractivity contribution in [1.82, 2.24) is 5.32 Å². The Kier molecular flexibility index (Phi) is 4.24. The Hall–Kier alpha value is -2.04. The Bertz CT molecular complexity index is 757. The van der Waals surface area contributed by atoms with Crippen molar-refractivity contribution in [2.75, 3.05) is 0 Å². The van der Waals surface area contributed by atoms with Crippen molar-refractivity contribution in [3.8, 4) is 5.75 Å². The number of amides is 2. The molecule has 0 spiro atoms. The van der Waals surface area contributed by atoms with E-state index in [1.165, 1.54) is 0 Å². The zero-order chi connectivity index (χ0) is 19.4. The van der Waals surface area contributed by atoms with Gasteiger partial charge in [-0.1, -0.05) is 18.2 Å². The highest BCUT2D eigenvalue weighted by atomic mass is 16.5. The lowest BCUT2D eigenvalue weighted by molar-refractivity contribution is -0.150. The third-order valence-electron chi connectivity index (χ3n) is 7.10. The number of primary amides is 1. The first-order valence-electron chi connectivity index (χ1n) is 10.1. The summed E-state index contributed by atoms with van der Waals surface area (Å²) in [5, 5.41) is 3.28. The van der Waals surface area contributed by atoms with Gasteiger partial charge in [0.15, 0.2) is 5.60 Å². The predicted molar refractivity (Wildman–Crippen MR) is 103 cm³/mol. The van der Waals surface area contributed by atoms with Crippen LogP contribution >= 0.6 is 0 Å². The van der Waals surface area contributed by atoms with Crippen LogP contribution in [0.15, 0.2) is 24.3 Å². The Morgan fingerprint density at radius 2 is 1.78 bits per heavy atom. The van der Waals surface area contributed by atoms with Crippen LogP contribution in [0.1, 0.15) is 51.5 Å². The number of nitrogens with one attached hydrogen (secondary N) is 1. The van der Waals surface area contributed by atoms with E-state index in [1.54, 1.807) is 0 Å². The normalized spacial score (nSPS) is 34.3. The predicted octanol–water partition coefficient (Wildman–Crippen LogP) is 2.95. The van der Waals surface area contributed by atoms with Gasteiger partial charge in [-0.2, -0.15) is 0 Å². The molecule has 2 amide bonds. The summed E-state index contributed by atoms with van der Waals surface area (Å²) < 4.78 is 6.06. The lowest BCUT2D eigenvalue weighted by Gasteiger charge is -2.59. The van der Waals surface area contributed by atoms with E-state index in [4.69, 9.17) is 10.5 Å². The number of ether oxygens (including phenoxy) is 1. The number of carbonyl (C=O) groups excluding carboxylic acids is 2. The zero-order valence-corrected chi connectivity index (χ0v) is 16.5. The summed E-state index contributed by atoms with van der Waals surface area (Å²) in [5.74, 6) is 1.78. The molecule has 2 atom stereocenters. The number of para-hydroxylation sites is 1. The van der Waals surface area contributed by atoms with Crippen molar-refractivity contribution >= 4 is 11.8 Å². The van der Waals surface area contributed by atoms with Gasteiger partial charge < -0.3 is 15.8 Å². The molecule has 5 nitrogen and oxygen atoms in total. The van der Waals surface area contributed by atoms with Crippen molar-refractivity contribution in [2.24, 2.45) is 28.9 Å². The molecular weight excluding hydrogens is 340 g/mol. The third-order valence-corrected chi connectivity index (χ3v) is 7.10. The van der Waals surface area contributed by atoms with Crippen LogP contribution in [0.25, 0.3) is 0 Å². The molecule has 4 aliphatic carbocycles. The van der Waals surface area contributed by atoms with Crippen molar-refractivity contribution in [3.63, 3.8) is 0 Å². The summed E-state index contributed by atoms with van der Waals surface area (Å²) in [4.78, 5) is 25.1. The van der Waals surface area contributed by atoms with E-state index in [0.29, 0.717) is 17.8 Å². The van der Waals surface area contributed by atoms with E-state index in [-0.39, 0.29) is 23.3 Å². The number of rotatable bonds is 5. The summed E-state index contributed by atoms with van der Waals surface area (Å²) in [6, 6.07) is 7.87. The van der Waals surface area contributed by atoms with Gasteiger partial charge in [-0.15, -0.1) is 0 Å². The van der Waals surface area contributed by atoms with E-state index >= 15 is 0 Å². The van der Waals surface area contributed by atoms with Gasteiger partial charge >= 0.3 is 0 Å². The number of carbonyl (C=O) groups is 2. The quantitative estimate of drug-likeness (QED) is 0.836. The van der Waals surface area contributed by atoms with Crippen molar-refractivity contribution in [2.45, 2.75) is 64.5 Å². The highest BCUT2D eigenvalue weighted by Gasteiger charge is 2.58. The first-order chi connectivity index (χ1) is 12.7. The van der Waals surface area contributed by atoms with Crippen LogP contribution in [0.4, 0.5) is 0 Å². The second kappa shape index (κ2) is 6.25. The summed E-state index contributed by atoms with van der Waals surface area (Å²) >= 11 is 0. The van der Waals surface area contributed by atoms with Crippen molar-refractivity contribution < 1.29 is 14.3 Å². The topological polar surface area (TPSA) is 81.4 Å². The number of hydrogen-bond acceptors (Lipinski definition) is 3. The number of nitrogens with two attached hydrogens (primary N) is 1. The van der Waals surface area contributed by atoms with E-state index < -0.39 is 5.60 Å². The molecule has 1 aromatic carbocycles. The Labute approximate surface area is 161 Å². The summed E-state index contributed by atoms with van der Waals surface area (Å²) in [7, 11) is 0. The van der Waals surface area contributed by atoms with E-state index in [9.17, 15) is 9.59 Å². The third kappa shape index (κ3) is 3.11. The fourth-order valence-corrected chi connectivity index (χ4v) is 5.88. The Balaban J connectivity index is 1.47.